The zero-order valence-corrected chi connectivity index (χ0v) is 7.40. The summed E-state index contributed by atoms with van der Waals surface area (Å²) in [5.74, 6) is -0.476. The van der Waals surface area contributed by atoms with E-state index in [4.69, 9.17) is 4.74 Å². The predicted octanol–water partition coefficient (Wildman–Crippen LogP) is 1.89. The van der Waals surface area contributed by atoms with E-state index in [1.54, 1.807) is 0 Å². The van der Waals surface area contributed by atoms with E-state index in [0.29, 0.717) is 5.75 Å². The van der Waals surface area contributed by atoms with Gasteiger partial charge in [-0.1, -0.05) is 6.58 Å². The minimum Gasteiger partial charge on any atom is -0.457 e. The van der Waals surface area contributed by atoms with Crippen molar-refractivity contribution in [3.05, 3.63) is 42.7 Å². The van der Waals surface area contributed by atoms with Crippen molar-refractivity contribution in [1.29, 1.82) is 0 Å². The maximum atomic E-state index is 12.4. The molecule has 0 aliphatic carbocycles. The lowest BCUT2D eigenvalue weighted by Crippen LogP contribution is -2.07. The first-order valence-electron chi connectivity index (χ1n) is 3.90. The summed E-state index contributed by atoms with van der Waals surface area (Å²) in [6.07, 6.45) is 1.04. The molecule has 3 nitrogen and oxygen atoms in total. The molecule has 0 atom stereocenters. The number of carbonyl (C=O) groups is 1. The van der Waals surface area contributed by atoms with E-state index >= 15 is 0 Å². The van der Waals surface area contributed by atoms with Gasteiger partial charge in [0.25, 0.3) is 0 Å². The minimum atomic E-state index is -0.563. The summed E-state index contributed by atoms with van der Waals surface area (Å²) >= 11 is 0. The molecule has 0 heterocycles. The van der Waals surface area contributed by atoms with Crippen LogP contribution in [-0.4, -0.2) is 12.8 Å². The first kappa shape index (κ1) is 10.2. The maximum absolute atomic E-state index is 12.4. The fraction of sp³-hybridized carbons (Fsp3) is 0.100. The molecule has 74 valence electrons. The highest BCUT2D eigenvalue weighted by Gasteiger charge is 1.96. The summed E-state index contributed by atoms with van der Waals surface area (Å²) in [4.78, 5) is 10.6. The topological polar surface area (TPSA) is 35.5 Å². The van der Waals surface area contributed by atoms with Gasteiger partial charge < -0.3 is 9.47 Å². The van der Waals surface area contributed by atoms with E-state index in [9.17, 15) is 9.18 Å². The van der Waals surface area contributed by atoms with Crippen LogP contribution in [0, 0.1) is 5.82 Å². The van der Waals surface area contributed by atoms with E-state index < -0.39 is 5.97 Å². The summed E-state index contributed by atoms with van der Waals surface area (Å²) in [7, 11) is 0. The van der Waals surface area contributed by atoms with Gasteiger partial charge in [0.05, 0.1) is 0 Å². The summed E-state index contributed by atoms with van der Waals surface area (Å²) in [6.45, 7) is 3.01. The van der Waals surface area contributed by atoms with Crippen molar-refractivity contribution < 1.29 is 18.7 Å². The summed E-state index contributed by atoms with van der Waals surface area (Å²) < 4.78 is 22.0. The molecule has 1 aromatic carbocycles. The molecule has 0 bridgehead atoms. The lowest BCUT2D eigenvalue weighted by atomic mass is 10.3. The van der Waals surface area contributed by atoms with Crippen LogP contribution in [0.15, 0.2) is 36.9 Å². The van der Waals surface area contributed by atoms with Crippen molar-refractivity contribution in [3.8, 4) is 5.75 Å². The van der Waals surface area contributed by atoms with Crippen LogP contribution in [0.4, 0.5) is 4.39 Å². The lowest BCUT2D eigenvalue weighted by Gasteiger charge is -2.04. The quantitative estimate of drug-likeness (QED) is 0.419. The molecule has 0 aliphatic rings. The summed E-state index contributed by atoms with van der Waals surface area (Å²) in [5.41, 5.74) is 0. The van der Waals surface area contributed by atoms with Crippen molar-refractivity contribution in [2.45, 2.75) is 0 Å². The molecule has 0 fully saturated rings. The molecule has 0 amide bonds. The highest BCUT2D eigenvalue weighted by Crippen LogP contribution is 2.10. The third kappa shape index (κ3) is 3.26. The first-order valence-corrected chi connectivity index (χ1v) is 3.90. The highest BCUT2D eigenvalue weighted by atomic mass is 19.1. The van der Waals surface area contributed by atoms with E-state index in [1.807, 2.05) is 0 Å². The van der Waals surface area contributed by atoms with Gasteiger partial charge in [0.2, 0.25) is 6.79 Å². The number of ether oxygens (including phenoxy) is 2. The van der Waals surface area contributed by atoms with Crippen LogP contribution < -0.4 is 4.74 Å². The number of esters is 1. The van der Waals surface area contributed by atoms with Crippen LogP contribution in [0.2, 0.25) is 0 Å². The molecular weight excluding hydrogens is 187 g/mol. The van der Waals surface area contributed by atoms with Gasteiger partial charge in [0.1, 0.15) is 11.6 Å². The Morgan fingerprint density at radius 3 is 2.64 bits per heavy atom. The number of hydrogen-bond acceptors (Lipinski definition) is 3. The number of benzene rings is 1. The average Bonchev–Trinajstić information content (AvgIpc) is 2.21. The second kappa shape index (κ2) is 5.01. The molecule has 0 saturated heterocycles. The van der Waals surface area contributed by atoms with Gasteiger partial charge in [-0.2, -0.15) is 0 Å². The third-order valence-electron chi connectivity index (χ3n) is 1.41. The van der Waals surface area contributed by atoms with Crippen molar-refractivity contribution in [2.75, 3.05) is 6.79 Å². The molecular formula is C10H9FO3. The van der Waals surface area contributed by atoms with Gasteiger partial charge in [-0.25, -0.2) is 9.18 Å². The molecule has 0 unspecified atom stereocenters. The van der Waals surface area contributed by atoms with E-state index in [-0.39, 0.29) is 12.6 Å². The van der Waals surface area contributed by atoms with Gasteiger partial charge in [0.15, 0.2) is 0 Å². The van der Waals surface area contributed by atoms with E-state index in [2.05, 4.69) is 11.3 Å². The molecule has 0 saturated carbocycles. The number of rotatable bonds is 4. The molecule has 1 rings (SSSR count). The third-order valence-corrected chi connectivity index (χ3v) is 1.41. The van der Waals surface area contributed by atoms with Gasteiger partial charge in [-0.05, 0) is 24.3 Å². The Kier molecular flexibility index (Phi) is 3.67. The van der Waals surface area contributed by atoms with E-state index in [0.717, 1.165) is 6.08 Å². The second-order valence-electron chi connectivity index (χ2n) is 2.38. The van der Waals surface area contributed by atoms with Crippen LogP contribution in [0.1, 0.15) is 0 Å². The Balaban J connectivity index is 2.35. The van der Waals surface area contributed by atoms with Crippen LogP contribution >= 0.6 is 0 Å². The van der Waals surface area contributed by atoms with E-state index in [1.165, 1.54) is 24.3 Å². The molecule has 0 aromatic heterocycles. The fourth-order valence-corrected chi connectivity index (χ4v) is 0.745. The molecule has 0 radical (unpaired) electrons. The van der Waals surface area contributed by atoms with Crippen LogP contribution in [0.5, 0.6) is 5.75 Å². The van der Waals surface area contributed by atoms with Gasteiger partial charge in [-0.15, -0.1) is 0 Å². The molecule has 0 aliphatic heterocycles. The average molecular weight is 196 g/mol. The zero-order valence-electron chi connectivity index (χ0n) is 7.40. The first-order chi connectivity index (χ1) is 6.72. The second-order valence-corrected chi connectivity index (χ2v) is 2.38. The SMILES string of the molecule is C=CC(=O)OCOc1ccc(F)cc1. The Bertz CT molecular complexity index is 319. The fourth-order valence-electron chi connectivity index (χ4n) is 0.745. The summed E-state index contributed by atoms with van der Waals surface area (Å²) in [5, 5.41) is 0. The van der Waals surface area contributed by atoms with Crippen molar-refractivity contribution in [3.63, 3.8) is 0 Å². The predicted molar refractivity (Wildman–Crippen MR) is 48.2 cm³/mol. The Labute approximate surface area is 80.8 Å². The number of carbonyl (C=O) groups excluding carboxylic acids is 1. The lowest BCUT2D eigenvalue weighted by molar-refractivity contribution is -0.144. The van der Waals surface area contributed by atoms with Crippen LogP contribution in [-0.2, 0) is 9.53 Å². The largest absolute Gasteiger partial charge is 0.457 e. The van der Waals surface area contributed by atoms with Crippen molar-refractivity contribution in [2.24, 2.45) is 0 Å². The highest BCUT2D eigenvalue weighted by molar-refractivity contribution is 5.81. The Morgan fingerprint density at radius 2 is 2.07 bits per heavy atom. The van der Waals surface area contributed by atoms with Crippen LogP contribution in [0.25, 0.3) is 0 Å². The molecule has 1 aromatic rings. The molecule has 0 N–H and O–H groups in total. The molecule has 14 heavy (non-hydrogen) atoms. The van der Waals surface area contributed by atoms with Crippen molar-refractivity contribution in [1.82, 2.24) is 0 Å². The van der Waals surface area contributed by atoms with Gasteiger partial charge >= 0.3 is 5.97 Å². The maximum Gasteiger partial charge on any atom is 0.333 e. The molecule has 0 spiro atoms. The molecule has 4 heteroatoms. The van der Waals surface area contributed by atoms with Crippen molar-refractivity contribution >= 4 is 5.97 Å². The monoisotopic (exact) mass is 196 g/mol. The van der Waals surface area contributed by atoms with Crippen LogP contribution in [0.3, 0.4) is 0 Å². The minimum absolute atomic E-state index is 0.212. The number of hydrogen-bond donors (Lipinski definition) is 0. The standard InChI is InChI=1S/C10H9FO3/c1-2-10(12)14-7-13-9-5-3-8(11)4-6-9/h2-6H,1,7H2. The zero-order chi connectivity index (χ0) is 10.4. The van der Waals surface area contributed by atoms with Gasteiger partial charge in [0, 0.05) is 6.08 Å². The smallest absolute Gasteiger partial charge is 0.333 e. The number of halogens is 1. The normalized spacial score (nSPS) is 9.21. The Hall–Kier alpha value is -1.84. The Morgan fingerprint density at radius 1 is 1.43 bits per heavy atom. The summed E-state index contributed by atoms with van der Waals surface area (Å²) in [6, 6.07) is 5.39. The van der Waals surface area contributed by atoms with Gasteiger partial charge in [-0.3, -0.25) is 0 Å².